The number of ether oxygens (including phenoxy) is 5. The molecule has 34 heavy (non-hydrogen) atoms. The lowest BCUT2D eigenvalue weighted by atomic mass is 9.96. The van der Waals surface area contributed by atoms with Crippen LogP contribution in [-0.4, -0.2) is 44.4 Å². The number of nitrogens with two attached hydrogens (primary N) is 1. The summed E-state index contributed by atoms with van der Waals surface area (Å²) in [7, 11) is 1.59. The first-order chi connectivity index (χ1) is 16.7. The summed E-state index contributed by atoms with van der Waals surface area (Å²) in [5, 5.41) is 0. The highest BCUT2D eigenvalue weighted by atomic mass is 16.7. The summed E-state index contributed by atoms with van der Waals surface area (Å²) in [6, 6.07) is 29.6. The molecule has 0 aromatic heterocycles. The average Bonchev–Trinajstić information content (AvgIpc) is 2.89. The van der Waals surface area contributed by atoms with E-state index in [1.807, 2.05) is 91.0 Å². The molecule has 0 radical (unpaired) electrons. The molecule has 1 aliphatic rings. The van der Waals surface area contributed by atoms with Crippen LogP contribution in [0.3, 0.4) is 0 Å². The summed E-state index contributed by atoms with van der Waals surface area (Å²) in [4.78, 5) is 0. The summed E-state index contributed by atoms with van der Waals surface area (Å²) < 4.78 is 30.5. The maximum Gasteiger partial charge on any atom is 0.175 e. The fourth-order valence-corrected chi connectivity index (χ4v) is 4.08. The Kier molecular flexibility index (Phi) is 9.21. The van der Waals surface area contributed by atoms with Gasteiger partial charge in [0, 0.05) is 7.11 Å². The molecule has 6 nitrogen and oxygen atoms in total. The second kappa shape index (κ2) is 12.8. The van der Waals surface area contributed by atoms with Crippen molar-refractivity contribution in [3.8, 4) is 0 Å². The molecule has 1 saturated heterocycles. The topological polar surface area (TPSA) is 72.2 Å². The summed E-state index contributed by atoms with van der Waals surface area (Å²) in [5.74, 6) is 0. The minimum atomic E-state index is -0.623. The van der Waals surface area contributed by atoms with Crippen LogP contribution in [0.5, 0.6) is 0 Å². The van der Waals surface area contributed by atoms with Gasteiger partial charge in [-0.1, -0.05) is 91.0 Å². The minimum Gasteiger partial charge on any atom is -0.374 e. The van der Waals surface area contributed by atoms with E-state index < -0.39 is 30.6 Å². The summed E-state index contributed by atoms with van der Waals surface area (Å²) in [6.07, 6.45) is -1.89. The number of benzene rings is 3. The Bertz CT molecular complexity index is 956. The zero-order valence-corrected chi connectivity index (χ0v) is 19.5. The minimum absolute atomic E-state index is 0.326. The molecule has 4 rings (SSSR count). The molecule has 0 amide bonds. The largest absolute Gasteiger partial charge is 0.374 e. The van der Waals surface area contributed by atoms with Crippen molar-refractivity contribution in [3.05, 3.63) is 108 Å². The van der Waals surface area contributed by atoms with Gasteiger partial charge in [-0.3, -0.25) is 0 Å². The van der Waals surface area contributed by atoms with Crippen LogP contribution in [0.15, 0.2) is 91.0 Å². The highest BCUT2D eigenvalue weighted by molar-refractivity contribution is 5.15. The summed E-state index contributed by atoms with van der Waals surface area (Å²) in [5.41, 5.74) is 9.77. The van der Waals surface area contributed by atoms with Gasteiger partial charge in [-0.2, -0.15) is 0 Å². The lowest BCUT2D eigenvalue weighted by Gasteiger charge is -2.44. The Morgan fingerprint density at radius 3 is 1.65 bits per heavy atom. The van der Waals surface area contributed by atoms with Crippen molar-refractivity contribution in [2.24, 2.45) is 5.73 Å². The van der Waals surface area contributed by atoms with Gasteiger partial charge in [0.15, 0.2) is 6.29 Å². The van der Waals surface area contributed by atoms with Crippen molar-refractivity contribution in [1.29, 1.82) is 0 Å². The first-order valence-corrected chi connectivity index (χ1v) is 11.6. The summed E-state index contributed by atoms with van der Waals surface area (Å²) >= 11 is 0. The molecule has 2 N–H and O–H groups in total. The lowest BCUT2D eigenvalue weighted by molar-refractivity contribution is -0.280. The van der Waals surface area contributed by atoms with E-state index in [0.717, 1.165) is 16.7 Å². The normalized spacial score (nSPS) is 24.7. The van der Waals surface area contributed by atoms with Gasteiger partial charge in [-0.25, -0.2) is 0 Å². The zero-order valence-electron chi connectivity index (χ0n) is 19.5. The van der Waals surface area contributed by atoms with Gasteiger partial charge in [-0.05, 0) is 16.7 Å². The number of methoxy groups -OCH3 is 1. The monoisotopic (exact) mass is 463 g/mol. The Balaban J connectivity index is 1.48. The molecule has 0 bridgehead atoms. The molecule has 180 valence electrons. The third-order valence-corrected chi connectivity index (χ3v) is 5.89. The zero-order chi connectivity index (χ0) is 23.6. The van der Waals surface area contributed by atoms with E-state index in [9.17, 15) is 0 Å². The fraction of sp³-hybridized carbons (Fsp3) is 0.357. The molecule has 6 heteroatoms. The predicted molar refractivity (Wildman–Crippen MR) is 130 cm³/mol. The first-order valence-electron chi connectivity index (χ1n) is 11.6. The maximum atomic E-state index is 6.54. The first kappa shape index (κ1) is 24.5. The molecule has 0 aliphatic carbocycles. The number of hydrogen-bond donors (Lipinski definition) is 1. The van der Waals surface area contributed by atoms with Gasteiger partial charge in [0.05, 0.1) is 32.5 Å². The molecule has 3 aromatic carbocycles. The Morgan fingerprint density at radius 1 is 0.676 bits per heavy atom. The van der Waals surface area contributed by atoms with Crippen LogP contribution < -0.4 is 5.73 Å². The van der Waals surface area contributed by atoms with Crippen LogP contribution in [-0.2, 0) is 43.5 Å². The van der Waals surface area contributed by atoms with Gasteiger partial charge in [0.2, 0.25) is 0 Å². The molecule has 1 fully saturated rings. The Hall–Kier alpha value is -2.58. The fourth-order valence-electron chi connectivity index (χ4n) is 4.08. The predicted octanol–water partition coefficient (Wildman–Crippen LogP) is 4.07. The third kappa shape index (κ3) is 6.73. The number of hydrogen-bond acceptors (Lipinski definition) is 6. The van der Waals surface area contributed by atoms with E-state index >= 15 is 0 Å². The van der Waals surface area contributed by atoms with Gasteiger partial charge >= 0.3 is 0 Å². The smallest absolute Gasteiger partial charge is 0.175 e. The van der Waals surface area contributed by atoms with Gasteiger partial charge in [-0.15, -0.1) is 0 Å². The van der Waals surface area contributed by atoms with E-state index in [0.29, 0.717) is 26.4 Å². The molecule has 3 aromatic rings. The van der Waals surface area contributed by atoms with E-state index in [-0.39, 0.29) is 0 Å². The molecule has 1 aliphatic heterocycles. The quantitative estimate of drug-likeness (QED) is 0.462. The average molecular weight is 464 g/mol. The molecular weight excluding hydrogens is 430 g/mol. The van der Waals surface area contributed by atoms with Crippen molar-refractivity contribution >= 4 is 0 Å². The Morgan fingerprint density at radius 2 is 1.15 bits per heavy atom. The van der Waals surface area contributed by atoms with Crippen molar-refractivity contribution in [1.82, 2.24) is 0 Å². The summed E-state index contributed by atoms with van der Waals surface area (Å²) in [6.45, 7) is 1.63. The molecule has 5 atom stereocenters. The number of rotatable bonds is 11. The van der Waals surface area contributed by atoms with Crippen LogP contribution in [0.1, 0.15) is 16.7 Å². The third-order valence-electron chi connectivity index (χ3n) is 5.89. The van der Waals surface area contributed by atoms with Crippen LogP contribution in [0.4, 0.5) is 0 Å². The molecular formula is C28H33NO5. The van der Waals surface area contributed by atoms with Gasteiger partial charge in [0.25, 0.3) is 0 Å². The lowest BCUT2D eigenvalue weighted by Crippen LogP contribution is -2.63. The van der Waals surface area contributed by atoms with E-state index in [4.69, 9.17) is 29.4 Å². The Labute approximate surface area is 201 Å². The SMILES string of the molecule is CO[C@@H]1O[C@H](COCc2ccccc2)[C@H](OCc2ccccc2)[C@H](OCc2ccccc2)[C@H]1N. The van der Waals surface area contributed by atoms with Gasteiger partial charge < -0.3 is 29.4 Å². The highest BCUT2D eigenvalue weighted by Gasteiger charge is 2.46. The molecule has 0 saturated carbocycles. The van der Waals surface area contributed by atoms with Crippen LogP contribution in [0.2, 0.25) is 0 Å². The molecule has 1 heterocycles. The van der Waals surface area contributed by atoms with Crippen molar-refractivity contribution in [3.63, 3.8) is 0 Å². The highest BCUT2D eigenvalue weighted by Crippen LogP contribution is 2.27. The molecule has 0 spiro atoms. The van der Waals surface area contributed by atoms with Gasteiger partial charge in [0.1, 0.15) is 18.3 Å². The van der Waals surface area contributed by atoms with Crippen LogP contribution in [0.25, 0.3) is 0 Å². The van der Waals surface area contributed by atoms with Crippen molar-refractivity contribution in [2.45, 2.75) is 50.5 Å². The second-order valence-corrected chi connectivity index (χ2v) is 8.38. The van der Waals surface area contributed by atoms with Crippen LogP contribution >= 0.6 is 0 Å². The molecule has 0 unspecified atom stereocenters. The second-order valence-electron chi connectivity index (χ2n) is 8.38. The van der Waals surface area contributed by atoms with Crippen LogP contribution in [0, 0.1) is 0 Å². The van der Waals surface area contributed by atoms with E-state index in [1.54, 1.807) is 7.11 Å². The van der Waals surface area contributed by atoms with Crippen molar-refractivity contribution in [2.75, 3.05) is 13.7 Å². The van der Waals surface area contributed by atoms with E-state index in [2.05, 4.69) is 0 Å². The standard InChI is InChI=1S/C28H33NO5/c1-30-28-25(29)27(33-19-23-15-9-4-10-16-23)26(32-18-22-13-7-3-8-14-22)24(34-28)20-31-17-21-11-5-2-6-12-21/h2-16,24-28H,17-20,29H2,1H3/t24-,25-,26+,27-,28-/m1/s1. The van der Waals surface area contributed by atoms with Crippen molar-refractivity contribution < 1.29 is 23.7 Å². The maximum absolute atomic E-state index is 6.54. The van der Waals surface area contributed by atoms with E-state index in [1.165, 1.54) is 0 Å².